The van der Waals surface area contributed by atoms with E-state index in [4.69, 9.17) is 16.3 Å². The van der Waals surface area contributed by atoms with Gasteiger partial charge in [-0.2, -0.15) is 13.2 Å². The molecule has 12 amide bonds. The fourth-order valence-electron chi connectivity index (χ4n) is 16.2. The molecule has 6 aliphatic rings. The number of hydrogen-bond acceptors (Lipinski definition) is 13. The quantitative estimate of drug-likeness (QED) is 0.221. The standard InChI is InChI=1S/C78H114ClF3N12O13/c1-14-49(4)65-73(104)87(9)47-64(97)88(10)58-24-17-20-36-94(72(58)103)61(44-51-26-30-53(31-27-51)76(5,6)7)70(101)86(8)46-62(95)83-56(33-29-50-28-32-54(55(79)43-50)78(80,81)82)69(100)93-37-21-25-57(93)68(99)85-77(34-18-19-35-77)75(106)91(13)66(52-22-15-16-23-52)74(105)90(12)60(71(102)92-38-40-107-41-39-92)45-63(96)89(11)59(42-48(2)3)67(98)84-65/h26-28,30-32,43,48-49,52,56-61,65-66H,14-25,29,33-42,44-47H2,1-13H3,(H,83,95)(H,84,98)(H,85,99)/t49-,56-,57-,58-,59-,60-,61-,65-,66-/m0/s1. The van der Waals surface area contributed by atoms with Gasteiger partial charge in [-0.1, -0.05) is 123 Å². The first-order chi connectivity index (χ1) is 50.4. The van der Waals surface area contributed by atoms with Gasteiger partial charge in [0.15, 0.2) is 0 Å². The van der Waals surface area contributed by atoms with Crippen molar-refractivity contribution in [3.8, 4) is 0 Å². The lowest BCUT2D eigenvalue weighted by Crippen LogP contribution is -2.65. The summed E-state index contributed by atoms with van der Waals surface area (Å²) >= 11 is 6.20. The number of alkyl halides is 3. The minimum atomic E-state index is -4.77. The lowest BCUT2D eigenvalue weighted by molar-refractivity contribution is -0.157. The fourth-order valence-corrected chi connectivity index (χ4v) is 16.5. The van der Waals surface area contributed by atoms with Gasteiger partial charge in [0.05, 0.1) is 43.3 Å². The zero-order chi connectivity index (χ0) is 78.7. The number of halogens is 4. The Morgan fingerprint density at radius 1 is 0.626 bits per heavy atom. The molecule has 8 rings (SSSR count). The van der Waals surface area contributed by atoms with Gasteiger partial charge >= 0.3 is 6.18 Å². The van der Waals surface area contributed by atoms with E-state index in [1.807, 2.05) is 45.0 Å². The first-order valence-corrected chi connectivity index (χ1v) is 38.7. The molecule has 0 aromatic heterocycles. The Balaban J connectivity index is 1.20. The summed E-state index contributed by atoms with van der Waals surface area (Å²) in [7, 11) is 8.59. The molecule has 25 nitrogen and oxygen atoms in total. The number of hydrogen-bond donors (Lipinski definition) is 3. The van der Waals surface area contributed by atoms with E-state index in [2.05, 4.69) is 36.7 Å². The van der Waals surface area contributed by atoms with Gasteiger partial charge in [-0.3, -0.25) is 57.5 Å². The van der Waals surface area contributed by atoms with E-state index in [-0.39, 0.29) is 108 Å². The molecule has 1 spiro atoms. The van der Waals surface area contributed by atoms with Gasteiger partial charge in [0, 0.05) is 74.9 Å². The Morgan fingerprint density at radius 3 is 1.84 bits per heavy atom. The first kappa shape index (κ1) is 84.7. The summed E-state index contributed by atoms with van der Waals surface area (Å²) in [5.74, 6) is -9.01. The molecule has 592 valence electrons. The molecular weight excluding hydrogens is 1410 g/mol. The maximum absolute atomic E-state index is 15.8. The van der Waals surface area contributed by atoms with Crippen LogP contribution in [0.3, 0.4) is 0 Å². The number of nitrogens with one attached hydrogen (secondary N) is 3. The first-order valence-electron chi connectivity index (χ1n) is 38.3. The Bertz CT molecular complexity index is 3560. The number of carbonyl (C=O) groups excluding carboxylic acids is 12. The number of carbonyl (C=O) groups is 12. The SMILES string of the molecule is CC[C@H](C)[C@@H]1NC(=O)[C@H](CC(C)C)N(C)C(=O)C[C@@H](C(=O)N2CCOCC2)N(C)C(=O)[C@H](C2CCCC2)N(C)C(=O)C2(CCCC2)NC(=O)[C@@H]2CCCN2C(=O)[C@H](CCc2ccc(C(F)(F)F)c(Cl)c2)NC(=O)CN(C)C(=O)[C@H](Cc2ccc(C(C)(C)C)cc2)N2CCCC[C@@H](C2=O)N(C)C(=O)CN(C)C1=O. The zero-order valence-corrected chi connectivity index (χ0v) is 65.6. The van der Waals surface area contributed by atoms with Crippen LogP contribution in [0, 0.1) is 17.8 Å². The van der Waals surface area contributed by atoms with Gasteiger partial charge in [0.2, 0.25) is 70.9 Å². The van der Waals surface area contributed by atoms with Crippen molar-refractivity contribution in [1.29, 1.82) is 0 Å². The lowest BCUT2D eigenvalue weighted by Gasteiger charge is -2.42. The highest BCUT2D eigenvalue weighted by Crippen LogP contribution is 2.39. The smallest absolute Gasteiger partial charge is 0.378 e. The van der Waals surface area contributed by atoms with Gasteiger partial charge in [-0.15, -0.1) is 0 Å². The van der Waals surface area contributed by atoms with Crippen LogP contribution in [-0.4, -0.2) is 264 Å². The second kappa shape index (κ2) is 36.6. The molecule has 29 heteroatoms. The van der Waals surface area contributed by atoms with Crippen LogP contribution < -0.4 is 16.0 Å². The van der Waals surface area contributed by atoms with Gasteiger partial charge < -0.3 is 64.8 Å². The highest BCUT2D eigenvalue weighted by atomic mass is 35.5. The molecule has 2 bridgehead atoms. The molecule has 2 aromatic carbocycles. The molecule has 4 saturated heterocycles. The van der Waals surface area contributed by atoms with Crippen LogP contribution in [0.2, 0.25) is 5.02 Å². The predicted molar refractivity (Wildman–Crippen MR) is 395 cm³/mol. The Kier molecular flexibility index (Phi) is 28.9. The number of benzene rings is 2. The molecule has 9 atom stereocenters. The molecule has 2 aromatic rings. The number of likely N-dealkylation sites (N-methyl/N-ethyl adjacent to an activating group) is 6. The van der Waals surface area contributed by atoms with Crippen LogP contribution >= 0.6 is 11.6 Å². The molecule has 4 heterocycles. The van der Waals surface area contributed by atoms with E-state index in [0.29, 0.717) is 56.9 Å². The van der Waals surface area contributed by atoms with Crippen molar-refractivity contribution < 1.29 is 75.4 Å². The highest BCUT2D eigenvalue weighted by Gasteiger charge is 2.52. The van der Waals surface area contributed by atoms with Gasteiger partial charge in [-0.05, 0) is 129 Å². The summed E-state index contributed by atoms with van der Waals surface area (Å²) in [6, 6.07) is 0.587. The van der Waals surface area contributed by atoms with Gasteiger partial charge in [-0.25, -0.2) is 0 Å². The second-order valence-electron chi connectivity index (χ2n) is 32.1. The topological polar surface area (TPSA) is 279 Å². The minimum Gasteiger partial charge on any atom is -0.378 e. The van der Waals surface area contributed by atoms with Gasteiger partial charge in [0.25, 0.3) is 0 Å². The summed E-state index contributed by atoms with van der Waals surface area (Å²) in [5, 5.41) is 8.21. The van der Waals surface area contributed by atoms with Crippen molar-refractivity contribution in [3.63, 3.8) is 0 Å². The number of ether oxygens (including phenoxy) is 1. The summed E-state index contributed by atoms with van der Waals surface area (Å²) in [5.41, 5.74) is -0.950. The number of rotatable bonds is 11. The average molecular weight is 1520 g/mol. The predicted octanol–water partition coefficient (Wildman–Crippen LogP) is 6.37. The number of fused-ring (bicyclic) bond motifs is 3. The molecule has 107 heavy (non-hydrogen) atoms. The van der Waals surface area contributed by atoms with Crippen LogP contribution in [0.1, 0.15) is 180 Å². The van der Waals surface area contributed by atoms with Crippen LogP contribution in [0.15, 0.2) is 42.5 Å². The van der Waals surface area contributed by atoms with Gasteiger partial charge in [0.1, 0.15) is 53.9 Å². The van der Waals surface area contributed by atoms with E-state index < -0.39 is 173 Å². The van der Waals surface area contributed by atoms with E-state index >= 15 is 43.2 Å². The molecule has 4 aliphatic heterocycles. The average Bonchev–Trinajstić information content (AvgIpc) is 1.73. The normalized spacial score (nSPS) is 26.3. The van der Waals surface area contributed by atoms with E-state index in [1.165, 1.54) is 87.6 Å². The third kappa shape index (κ3) is 20.5. The second-order valence-corrected chi connectivity index (χ2v) is 32.5. The third-order valence-electron chi connectivity index (χ3n) is 23.0. The third-order valence-corrected chi connectivity index (χ3v) is 23.3. The Labute approximate surface area is 633 Å². The van der Waals surface area contributed by atoms with E-state index in [1.54, 1.807) is 6.92 Å². The molecule has 2 aliphatic carbocycles. The summed E-state index contributed by atoms with van der Waals surface area (Å²) in [6.45, 7) is 13.0. The molecule has 0 unspecified atom stereocenters. The van der Waals surface area contributed by atoms with Crippen molar-refractivity contribution in [1.82, 2.24) is 60.0 Å². The van der Waals surface area contributed by atoms with Crippen LogP contribution in [0.5, 0.6) is 0 Å². The molecule has 2 saturated carbocycles. The molecule has 3 N–H and O–H groups in total. The molecule has 0 radical (unpaired) electrons. The summed E-state index contributed by atoms with van der Waals surface area (Å²) in [4.78, 5) is 194. The molecule has 6 fully saturated rings. The van der Waals surface area contributed by atoms with Crippen molar-refractivity contribution in [2.45, 2.75) is 236 Å². The summed E-state index contributed by atoms with van der Waals surface area (Å²) < 4.78 is 47.5. The Hall–Kier alpha value is -7.88. The van der Waals surface area contributed by atoms with Crippen LogP contribution in [0.25, 0.3) is 0 Å². The number of nitrogens with zero attached hydrogens (tertiary/aromatic N) is 9. The van der Waals surface area contributed by atoms with Crippen molar-refractivity contribution >= 4 is 82.5 Å². The maximum Gasteiger partial charge on any atom is 0.417 e. The maximum atomic E-state index is 15.8. The summed E-state index contributed by atoms with van der Waals surface area (Å²) in [6.07, 6.45) is 0.0877. The minimum absolute atomic E-state index is 0.0189. The fraction of sp³-hybridized carbons (Fsp3) is 0.692. The van der Waals surface area contributed by atoms with Crippen molar-refractivity contribution in [2.75, 3.05) is 94.8 Å². The van der Waals surface area contributed by atoms with Crippen molar-refractivity contribution in [3.05, 3.63) is 69.7 Å². The van der Waals surface area contributed by atoms with Crippen LogP contribution in [0.4, 0.5) is 13.2 Å². The van der Waals surface area contributed by atoms with E-state index in [0.717, 1.165) is 35.4 Å². The lowest BCUT2D eigenvalue weighted by atomic mass is 9.86. The Morgan fingerprint density at radius 2 is 1.23 bits per heavy atom. The zero-order valence-electron chi connectivity index (χ0n) is 64.8. The highest BCUT2D eigenvalue weighted by molar-refractivity contribution is 6.31. The largest absolute Gasteiger partial charge is 0.417 e. The monoisotopic (exact) mass is 1520 g/mol. The number of aryl methyl sites for hydroxylation is 1. The van der Waals surface area contributed by atoms with E-state index in [9.17, 15) is 27.6 Å². The van der Waals surface area contributed by atoms with Crippen molar-refractivity contribution in [2.24, 2.45) is 17.8 Å². The molecular formula is C78H114ClF3N12O13. The van der Waals surface area contributed by atoms with Crippen LogP contribution in [-0.2, 0) is 86.7 Å². The number of morpholine rings is 1. The number of amides is 12.